The van der Waals surface area contributed by atoms with Crippen LogP contribution in [0.4, 0.5) is 12.0 Å². The molecule has 0 radical (unpaired) electrons. The molecule has 2 heterocycles. The van der Waals surface area contributed by atoms with Crippen molar-refractivity contribution in [2.75, 3.05) is 17.7 Å². The van der Waals surface area contributed by atoms with E-state index in [1.165, 1.54) is 0 Å². The summed E-state index contributed by atoms with van der Waals surface area (Å²) in [7, 11) is 0. The lowest BCUT2D eigenvalue weighted by Gasteiger charge is -2.35. The Morgan fingerprint density at radius 1 is 1.47 bits per heavy atom. The van der Waals surface area contributed by atoms with Gasteiger partial charge in [-0.15, -0.1) is 0 Å². The summed E-state index contributed by atoms with van der Waals surface area (Å²) in [5.41, 5.74) is 5.24. The summed E-state index contributed by atoms with van der Waals surface area (Å²) in [6.07, 6.45) is 1.85. The highest BCUT2D eigenvalue weighted by Gasteiger charge is 2.29. The SMILES string of the molecule is CC1(C)CC(Nc2nnc(N)o2)CCO1. The first kappa shape index (κ1) is 10.2. The second kappa shape index (κ2) is 3.69. The predicted octanol–water partition coefficient (Wildman–Crippen LogP) is 1.02. The quantitative estimate of drug-likeness (QED) is 0.761. The molecular weight excluding hydrogens is 196 g/mol. The fraction of sp³-hybridized carbons (Fsp3) is 0.778. The van der Waals surface area contributed by atoms with Gasteiger partial charge in [-0.3, -0.25) is 0 Å². The standard InChI is InChI=1S/C9H16N4O2/c1-9(2)5-6(3-4-14-9)11-8-13-12-7(10)15-8/h6H,3-5H2,1-2H3,(H2,10,12)(H,11,13). The molecule has 0 aliphatic carbocycles. The van der Waals surface area contributed by atoms with Crippen LogP contribution in [0.25, 0.3) is 0 Å². The van der Waals surface area contributed by atoms with Gasteiger partial charge >= 0.3 is 12.0 Å². The summed E-state index contributed by atoms with van der Waals surface area (Å²) in [5.74, 6) is 0. The first-order valence-corrected chi connectivity index (χ1v) is 5.05. The van der Waals surface area contributed by atoms with Crippen molar-refractivity contribution in [3.05, 3.63) is 0 Å². The monoisotopic (exact) mass is 212 g/mol. The van der Waals surface area contributed by atoms with Gasteiger partial charge in [-0.05, 0) is 26.7 Å². The van der Waals surface area contributed by atoms with E-state index in [1.54, 1.807) is 0 Å². The van der Waals surface area contributed by atoms with Gasteiger partial charge in [0.2, 0.25) is 0 Å². The smallest absolute Gasteiger partial charge is 0.317 e. The molecule has 1 aromatic rings. The van der Waals surface area contributed by atoms with E-state index in [9.17, 15) is 0 Å². The van der Waals surface area contributed by atoms with Crippen LogP contribution in [0, 0.1) is 0 Å². The normalized spacial score (nSPS) is 25.1. The summed E-state index contributed by atoms with van der Waals surface area (Å²) >= 11 is 0. The van der Waals surface area contributed by atoms with Crippen LogP contribution >= 0.6 is 0 Å². The molecule has 6 heteroatoms. The molecule has 15 heavy (non-hydrogen) atoms. The van der Waals surface area contributed by atoms with Crippen molar-refractivity contribution in [3.8, 4) is 0 Å². The number of aromatic nitrogens is 2. The average molecular weight is 212 g/mol. The molecule has 0 amide bonds. The van der Waals surface area contributed by atoms with Crippen LogP contribution in [0.2, 0.25) is 0 Å². The lowest BCUT2D eigenvalue weighted by atomic mass is 9.94. The third kappa shape index (κ3) is 2.59. The zero-order valence-electron chi connectivity index (χ0n) is 8.99. The largest absolute Gasteiger partial charge is 0.390 e. The predicted molar refractivity (Wildman–Crippen MR) is 55.4 cm³/mol. The van der Waals surface area contributed by atoms with E-state index in [4.69, 9.17) is 14.9 Å². The molecule has 0 saturated carbocycles. The van der Waals surface area contributed by atoms with E-state index >= 15 is 0 Å². The molecular formula is C9H16N4O2. The number of nitrogens with zero attached hydrogens (tertiary/aromatic N) is 2. The van der Waals surface area contributed by atoms with Crippen LogP contribution in [0.3, 0.4) is 0 Å². The number of nitrogen functional groups attached to an aromatic ring is 1. The maximum Gasteiger partial charge on any atom is 0.317 e. The third-order valence-corrected chi connectivity index (χ3v) is 2.47. The number of rotatable bonds is 2. The van der Waals surface area contributed by atoms with Crippen molar-refractivity contribution in [1.82, 2.24) is 10.2 Å². The molecule has 0 aromatic carbocycles. The molecule has 1 unspecified atom stereocenters. The van der Waals surface area contributed by atoms with Crippen molar-refractivity contribution in [1.29, 1.82) is 0 Å². The van der Waals surface area contributed by atoms with Gasteiger partial charge in [-0.2, -0.15) is 0 Å². The first-order chi connectivity index (χ1) is 7.05. The van der Waals surface area contributed by atoms with Crippen LogP contribution < -0.4 is 11.1 Å². The molecule has 1 atom stereocenters. The summed E-state index contributed by atoms with van der Waals surface area (Å²) in [4.78, 5) is 0. The molecule has 2 rings (SSSR count). The van der Waals surface area contributed by atoms with Crippen LogP contribution in [0.5, 0.6) is 0 Å². The minimum absolute atomic E-state index is 0.0869. The summed E-state index contributed by atoms with van der Waals surface area (Å²) in [6.45, 7) is 4.89. The molecule has 1 saturated heterocycles. The van der Waals surface area contributed by atoms with Crippen molar-refractivity contribution in [2.24, 2.45) is 0 Å². The Labute approximate surface area is 88.2 Å². The van der Waals surface area contributed by atoms with Crippen molar-refractivity contribution in [2.45, 2.75) is 38.3 Å². The number of anilines is 2. The molecule has 1 fully saturated rings. The topological polar surface area (TPSA) is 86.2 Å². The fourth-order valence-electron chi connectivity index (χ4n) is 1.82. The van der Waals surface area contributed by atoms with Gasteiger partial charge in [0, 0.05) is 12.6 Å². The number of hydrogen-bond donors (Lipinski definition) is 2. The Kier molecular flexibility index (Phi) is 2.52. The van der Waals surface area contributed by atoms with Crippen molar-refractivity contribution >= 4 is 12.0 Å². The molecule has 1 aromatic heterocycles. The zero-order valence-corrected chi connectivity index (χ0v) is 8.99. The van der Waals surface area contributed by atoms with Crippen molar-refractivity contribution < 1.29 is 9.15 Å². The molecule has 3 N–H and O–H groups in total. The van der Waals surface area contributed by atoms with E-state index < -0.39 is 0 Å². The van der Waals surface area contributed by atoms with Gasteiger partial charge in [0.25, 0.3) is 0 Å². The molecule has 0 bridgehead atoms. The molecule has 1 aliphatic heterocycles. The number of nitrogens with two attached hydrogens (primary N) is 1. The molecule has 84 valence electrons. The number of nitrogens with one attached hydrogen (secondary N) is 1. The third-order valence-electron chi connectivity index (χ3n) is 2.47. The summed E-state index contributed by atoms with van der Waals surface area (Å²) in [5, 5.41) is 10.5. The second-order valence-electron chi connectivity index (χ2n) is 4.39. The van der Waals surface area contributed by atoms with E-state index in [-0.39, 0.29) is 11.6 Å². The second-order valence-corrected chi connectivity index (χ2v) is 4.39. The maximum atomic E-state index is 5.61. The number of ether oxygens (including phenoxy) is 1. The Morgan fingerprint density at radius 3 is 2.87 bits per heavy atom. The minimum Gasteiger partial charge on any atom is -0.390 e. The van der Waals surface area contributed by atoms with Gasteiger partial charge < -0.3 is 20.2 Å². The fourth-order valence-corrected chi connectivity index (χ4v) is 1.82. The Morgan fingerprint density at radius 2 is 2.27 bits per heavy atom. The van der Waals surface area contributed by atoms with Crippen LogP contribution in [-0.2, 0) is 4.74 Å². The molecule has 1 aliphatic rings. The highest BCUT2D eigenvalue weighted by molar-refractivity contribution is 5.24. The average Bonchev–Trinajstić information content (AvgIpc) is 2.49. The highest BCUT2D eigenvalue weighted by atomic mass is 16.5. The highest BCUT2D eigenvalue weighted by Crippen LogP contribution is 2.26. The Balaban J connectivity index is 1.95. The summed E-state index contributed by atoms with van der Waals surface area (Å²) in [6, 6.07) is 0.771. The van der Waals surface area contributed by atoms with E-state index in [1.807, 2.05) is 0 Å². The Bertz CT molecular complexity index is 337. The zero-order chi connectivity index (χ0) is 10.9. The van der Waals surface area contributed by atoms with Gasteiger partial charge in [0.05, 0.1) is 5.60 Å². The minimum atomic E-state index is -0.0958. The van der Waals surface area contributed by atoms with Crippen LogP contribution in [0.1, 0.15) is 26.7 Å². The van der Waals surface area contributed by atoms with Crippen LogP contribution in [0.15, 0.2) is 4.42 Å². The van der Waals surface area contributed by atoms with Crippen LogP contribution in [-0.4, -0.2) is 28.4 Å². The van der Waals surface area contributed by atoms with Gasteiger partial charge in [-0.1, -0.05) is 10.2 Å². The van der Waals surface area contributed by atoms with Crippen molar-refractivity contribution in [3.63, 3.8) is 0 Å². The Hall–Kier alpha value is -1.30. The van der Waals surface area contributed by atoms with E-state index in [0.717, 1.165) is 19.4 Å². The molecule has 6 nitrogen and oxygen atoms in total. The van der Waals surface area contributed by atoms with E-state index in [0.29, 0.717) is 12.1 Å². The van der Waals surface area contributed by atoms with E-state index in [2.05, 4.69) is 29.4 Å². The van der Waals surface area contributed by atoms with Gasteiger partial charge in [0.1, 0.15) is 0 Å². The first-order valence-electron chi connectivity index (χ1n) is 5.05. The molecule has 0 spiro atoms. The van der Waals surface area contributed by atoms with Gasteiger partial charge in [0.15, 0.2) is 0 Å². The summed E-state index contributed by atoms with van der Waals surface area (Å²) < 4.78 is 10.7. The lowest BCUT2D eigenvalue weighted by molar-refractivity contribution is -0.0555. The maximum absolute atomic E-state index is 5.61. The lowest BCUT2D eigenvalue weighted by Crippen LogP contribution is -2.40. The number of hydrogen-bond acceptors (Lipinski definition) is 6. The van der Waals surface area contributed by atoms with Gasteiger partial charge in [-0.25, -0.2) is 0 Å².